The summed E-state index contributed by atoms with van der Waals surface area (Å²) in [5, 5.41) is 7.04. The Kier molecular flexibility index (Phi) is 6.52. The molecule has 26 heavy (non-hydrogen) atoms. The Morgan fingerprint density at radius 1 is 0.846 bits per heavy atom. The third-order valence-corrected chi connectivity index (χ3v) is 4.83. The fourth-order valence-electron chi connectivity index (χ4n) is 2.40. The number of para-hydroxylation sites is 3. The summed E-state index contributed by atoms with van der Waals surface area (Å²) in [5.41, 5.74) is 1.81. The number of anilines is 2. The molecule has 3 nitrogen and oxygen atoms in total. The second kappa shape index (κ2) is 9.27. The molecule has 0 spiro atoms. The van der Waals surface area contributed by atoms with Crippen LogP contribution in [0.4, 0.5) is 11.4 Å². The maximum absolute atomic E-state index is 5.64. The van der Waals surface area contributed by atoms with Gasteiger partial charge >= 0.3 is 0 Å². The molecular formula is C21H20N2OS2. The SMILES string of the molecule is CCOc1ccccc1NC(=S)Nc1ccccc1Sc1ccccc1. The molecule has 132 valence electrons. The van der Waals surface area contributed by atoms with Crippen molar-refractivity contribution >= 4 is 40.5 Å². The number of benzene rings is 3. The van der Waals surface area contributed by atoms with Crippen LogP contribution in [0.2, 0.25) is 0 Å². The minimum atomic E-state index is 0.526. The molecule has 0 aliphatic heterocycles. The van der Waals surface area contributed by atoms with E-state index in [4.69, 9.17) is 17.0 Å². The van der Waals surface area contributed by atoms with Crippen molar-refractivity contribution in [3.8, 4) is 5.75 Å². The molecule has 0 bridgehead atoms. The molecule has 0 heterocycles. The van der Waals surface area contributed by atoms with Crippen LogP contribution in [-0.2, 0) is 0 Å². The molecule has 5 heteroatoms. The van der Waals surface area contributed by atoms with Crippen molar-refractivity contribution < 1.29 is 4.74 Å². The molecule has 0 aromatic heterocycles. The zero-order valence-corrected chi connectivity index (χ0v) is 16.1. The predicted octanol–water partition coefficient (Wildman–Crippen LogP) is 6.05. The van der Waals surface area contributed by atoms with E-state index in [0.717, 1.165) is 22.0 Å². The zero-order valence-electron chi connectivity index (χ0n) is 14.4. The molecule has 0 fully saturated rings. The highest BCUT2D eigenvalue weighted by Crippen LogP contribution is 2.33. The van der Waals surface area contributed by atoms with Crippen molar-refractivity contribution in [2.24, 2.45) is 0 Å². The van der Waals surface area contributed by atoms with Gasteiger partial charge in [-0.25, -0.2) is 0 Å². The van der Waals surface area contributed by atoms with E-state index < -0.39 is 0 Å². The number of hydrogen-bond acceptors (Lipinski definition) is 3. The minimum absolute atomic E-state index is 0.526. The van der Waals surface area contributed by atoms with Gasteiger partial charge in [0.15, 0.2) is 5.11 Å². The van der Waals surface area contributed by atoms with Gasteiger partial charge in [-0.05, 0) is 55.5 Å². The van der Waals surface area contributed by atoms with Gasteiger partial charge in [0.1, 0.15) is 5.75 Å². The van der Waals surface area contributed by atoms with Gasteiger partial charge in [0.2, 0.25) is 0 Å². The van der Waals surface area contributed by atoms with Gasteiger partial charge in [-0.1, -0.05) is 54.2 Å². The molecular weight excluding hydrogens is 360 g/mol. The van der Waals surface area contributed by atoms with E-state index >= 15 is 0 Å². The monoisotopic (exact) mass is 380 g/mol. The standard InChI is InChI=1S/C21H20N2OS2/c1-2-24-19-14-8-6-12-17(19)22-21(25)23-18-13-7-9-15-20(18)26-16-10-4-3-5-11-16/h3-15H,2H2,1H3,(H2,22,23,25). The number of thiocarbonyl (C=S) groups is 1. The number of nitrogens with one attached hydrogen (secondary N) is 2. The lowest BCUT2D eigenvalue weighted by molar-refractivity contribution is 0.342. The van der Waals surface area contributed by atoms with E-state index in [1.54, 1.807) is 11.8 Å². The number of rotatable bonds is 6. The van der Waals surface area contributed by atoms with Gasteiger partial charge in [-0.15, -0.1) is 0 Å². The van der Waals surface area contributed by atoms with Crippen molar-refractivity contribution in [1.82, 2.24) is 0 Å². The molecule has 0 amide bonds. The van der Waals surface area contributed by atoms with Crippen molar-refractivity contribution in [2.45, 2.75) is 16.7 Å². The van der Waals surface area contributed by atoms with Crippen LogP contribution >= 0.6 is 24.0 Å². The maximum Gasteiger partial charge on any atom is 0.175 e. The van der Waals surface area contributed by atoms with Crippen LogP contribution in [0.15, 0.2) is 88.7 Å². The van der Waals surface area contributed by atoms with Gasteiger partial charge in [0, 0.05) is 9.79 Å². The van der Waals surface area contributed by atoms with Gasteiger partial charge in [-0.3, -0.25) is 0 Å². The highest BCUT2D eigenvalue weighted by Gasteiger charge is 2.08. The van der Waals surface area contributed by atoms with Crippen molar-refractivity contribution in [3.63, 3.8) is 0 Å². The fourth-order valence-corrected chi connectivity index (χ4v) is 3.54. The third-order valence-electron chi connectivity index (χ3n) is 3.54. The fraction of sp³-hybridized carbons (Fsp3) is 0.0952. The topological polar surface area (TPSA) is 33.3 Å². The van der Waals surface area contributed by atoms with Crippen LogP contribution in [0, 0.1) is 0 Å². The first-order chi connectivity index (χ1) is 12.8. The van der Waals surface area contributed by atoms with Crippen LogP contribution in [-0.4, -0.2) is 11.7 Å². The van der Waals surface area contributed by atoms with Gasteiger partial charge in [-0.2, -0.15) is 0 Å². The Hall–Kier alpha value is -2.50. The van der Waals surface area contributed by atoms with Crippen LogP contribution in [0.1, 0.15) is 6.92 Å². The zero-order chi connectivity index (χ0) is 18.2. The normalized spacial score (nSPS) is 10.2. The summed E-state index contributed by atoms with van der Waals surface area (Å²) in [7, 11) is 0. The Balaban J connectivity index is 1.72. The highest BCUT2D eigenvalue weighted by atomic mass is 32.2. The minimum Gasteiger partial charge on any atom is -0.492 e. The Morgan fingerprint density at radius 3 is 2.23 bits per heavy atom. The first kappa shape index (κ1) is 18.3. The molecule has 0 atom stereocenters. The first-order valence-electron chi connectivity index (χ1n) is 8.38. The van der Waals surface area contributed by atoms with E-state index in [9.17, 15) is 0 Å². The van der Waals surface area contributed by atoms with Crippen LogP contribution < -0.4 is 15.4 Å². The molecule has 3 rings (SSSR count). The molecule has 2 N–H and O–H groups in total. The predicted molar refractivity (Wildman–Crippen MR) is 114 cm³/mol. The molecule has 0 unspecified atom stereocenters. The molecule has 3 aromatic carbocycles. The quantitative estimate of drug-likeness (QED) is 0.509. The van der Waals surface area contributed by atoms with Crippen LogP contribution in [0.25, 0.3) is 0 Å². The molecule has 3 aromatic rings. The van der Waals surface area contributed by atoms with E-state index in [1.165, 1.54) is 4.90 Å². The highest BCUT2D eigenvalue weighted by molar-refractivity contribution is 7.99. The summed E-state index contributed by atoms with van der Waals surface area (Å²) in [4.78, 5) is 2.29. The molecule has 0 saturated carbocycles. The van der Waals surface area contributed by atoms with Crippen molar-refractivity contribution in [1.29, 1.82) is 0 Å². The van der Waals surface area contributed by atoms with Crippen LogP contribution in [0.3, 0.4) is 0 Å². The third kappa shape index (κ3) is 5.00. The number of ether oxygens (including phenoxy) is 1. The van der Waals surface area contributed by atoms with Crippen LogP contribution in [0.5, 0.6) is 5.75 Å². The van der Waals surface area contributed by atoms with E-state index in [1.807, 2.05) is 67.6 Å². The summed E-state index contributed by atoms with van der Waals surface area (Å²) in [5.74, 6) is 0.783. The number of hydrogen-bond donors (Lipinski definition) is 2. The van der Waals surface area contributed by atoms with Gasteiger partial charge in [0.25, 0.3) is 0 Å². The molecule has 0 aliphatic carbocycles. The largest absolute Gasteiger partial charge is 0.492 e. The Labute approximate surface area is 163 Å². The van der Waals surface area contributed by atoms with Gasteiger partial charge < -0.3 is 15.4 Å². The lowest BCUT2D eigenvalue weighted by Crippen LogP contribution is -2.20. The smallest absolute Gasteiger partial charge is 0.175 e. The summed E-state index contributed by atoms with van der Waals surface area (Å²) >= 11 is 7.20. The lowest BCUT2D eigenvalue weighted by Gasteiger charge is -2.16. The van der Waals surface area contributed by atoms with Gasteiger partial charge in [0.05, 0.1) is 18.0 Å². The van der Waals surface area contributed by atoms with E-state index in [0.29, 0.717) is 11.7 Å². The van der Waals surface area contributed by atoms with Crippen molar-refractivity contribution in [2.75, 3.05) is 17.2 Å². The second-order valence-electron chi connectivity index (χ2n) is 5.42. The molecule has 0 radical (unpaired) electrons. The lowest BCUT2D eigenvalue weighted by atomic mass is 10.3. The summed E-state index contributed by atoms with van der Waals surface area (Å²) in [6, 6.07) is 26.2. The molecule has 0 aliphatic rings. The Bertz CT molecular complexity index is 869. The summed E-state index contributed by atoms with van der Waals surface area (Å²) in [6.45, 7) is 2.57. The second-order valence-corrected chi connectivity index (χ2v) is 6.94. The Morgan fingerprint density at radius 2 is 1.46 bits per heavy atom. The maximum atomic E-state index is 5.64. The molecule has 0 saturated heterocycles. The van der Waals surface area contributed by atoms with E-state index in [-0.39, 0.29) is 0 Å². The summed E-state index contributed by atoms with van der Waals surface area (Å²) in [6.07, 6.45) is 0. The first-order valence-corrected chi connectivity index (χ1v) is 9.60. The average Bonchev–Trinajstić information content (AvgIpc) is 2.66. The van der Waals surface area contributed by atoms with E-state index in [2.05, 4.69) is 28.8 Å². The average molecular weight is 381 g/mol. The van der Waals surface area contributed by atoms with Crippen molar-refractivity contribution in [3.05, 3.63) is 78.9 Å². The summed E-state index contributed by atoms with van der Waals surface area (Å²) < 4.78 is 5.64.